The van der Waals surface area contributed by atoms with Crippen LogP contribution in [0.2, 0.25) is 0 Å². The number of amides is 1. The second-order valence-corrected chi connectivity index (χ2v) is 5.18. The molecule has 0 saturated carbocycles. The minimum absolute atomic E-state index is 0. The second kappa shape index (κ2) is 8.94. The van der Waals surface area contributed by atoms with Gasteiger partial charge in [-0.25, -0.2) is 4.79 Å². The number of anilines is 1. The lowest BCUT2D eigenvalue weighted by Crippen LogP contribution is -3.00. The van der Waals surface area contributed by atoms with Gasteiger partial charge in [-0.2, -0.15) is 0 Å². The molecule has 0 aliphatic heterocycles. The molecule has 0 radical (unpaired) electrons. The van der Waals surface area contributed by atoms with Gasteiger partial charge in [-0.3, -0.25) is 4.79 Å². The summed E-state index contributed by atoms with van der Waals surface area (Å²) in [6.45, 7) is 6.14. The molecule has 0 atom stereocenters. The van der Waals surface area contributed by atoms with Crippen LogP contribution in [0.3, 0.4) is 0 Å². The van der Waals surface area contributed by atoms with Crippen LogP contribution in [0.25, 0.3) is 0 Å². The zero-order valence-electron chi connectivity index (χ0n) is 13.4. The lowest BCUT2D eigenvalue weighted by molar-refractivity contribution is -0.898. The van der Waals surface area contributed by atoms with Gasteiger partial charge in [-0.1, -0.05) is 0 Å². The van der Waals surface area contributed by atoms with Gasteiger partial charge in [-0.05, 0) is 26.0 Å². The quantitative estimate of drug-likeness (QED) is 0.336. The molecule has 0 aromatic heterocycles. The number of rotatable bonds is 6. The highest BCUT2D eigenvalue weighted by Crippen LogP contribution is 2.22. The number of hydrogen-bond donors (Lipinski definition) is 2. The van der Waals surface area contributed by atoms with Crippen LogP contribution in [-0.4, -0.2) is 55.3 Å². The summed E-state index contributed by atoms with van der Waals surface area (Å²) in [5, 5.41) is 12.5. The first-order valence-electron chi connectivity index (χ1n) is 6.90. The van der Waals surface area contributed by atoms with Crippen molar-refractivity contribution in [3.8, 4) is 5.75 Å². The van der Waals surface area contributed by atoms with E-state index in [0.717, 1.165) is 13.1 Å². The number of esters is 1. The number of carbonyl (C=O) groups is 2. The maximum Gasteiger partial charge on any atom is 0.341 e. The van der Waals surface area contributed by atoms with Crippen molar-refractivity contribution in [1.29, 1.82) is 0 Å². The molecule has 2 N–H and O–H groups in total. The molecule has 0 aliphatic rings. The van der Waals surface area contributed by atoms with Crippen molar-refractivity contribution in [2.75, 3.05) is 39.1 Å². The fourth-order valence-corrected chi connectivity index (χ4v) is 1.89. The molecule has 1 rings (SSSR count). The fraction of sp³-hybridized carbons (Fsp3) is 0.467. The number of nitrogens with one attached hydrogen (secondary N) is 1. The Morgan fingerprint density at radius 2 is 1.86 bits per heavy atom. The van der Waals surface area contributed by atoms with Crippen molar-refractivity contribution in [3.05, 3.63) is 23.8 Å². The van der Waals surface area contributed by atoms with Gasteiger partial charge >= 0.3 is 5.97 Å². The molecule has 6 nitrogen and oxygen atoms in total. The third-order valence-electron chi connectivity index (χ3n) is 3.74. The van der Waals surface area contributed by atoms with E-state index in [1.807, 2.05) is 20.9 Å². The molecule has 0 unspecified atom stereocenters. The van der Waals surface area contributed by atoms with Crippen LogP contribution in [0, 0.1) is 0 Å². The zero-order valence-corrected chi connectivity index (χ0v) is 15.5. The number of aromatic hydroxyl groups is 1. The summed E-state index contributed by atoms with van der Waals surface area (Å²) in [5.74, 6) is -0.971. The number of carbonyl (C=O) groups excluding carboxylic acids is 2. The number of benzene rings is 1. The number of phenolic OH excluding ortho intramolecular Hbond substituents is 1. The van der Waals surface area contributed by atoms with Crippen LogP contribution in [0.5, 0.6) is 5.75 Å². The van der Waals surface area contributed by atoms with E-state index in [4.69, 9.17) is 0 Å². The highest BCUT2D eigenvalue weighted by molar-refractivity contribution is 5.95. The zero-order chi connectivity index (χ0) is 16.0. The molecule has 0 aliphatic carbocycles. The van der Waals surface area contributed by atoms with Crippen molar-refractivity contribution in [2.45, 2.75) is 13.8 Å². The average Bonchev–Trinajstić information content (AvgIpc) is 2.46. The summed E-state index contributed by atoms with van der Waals surface area (Å²) in [6, 6.07) is 4.32. The van der Waals surface area contributed by atoms with Gasteiger partial charge < -0.3 is 43.6 Å². The van der Waals surface area contributed by atoms with E-state index in [2.05, 4.69) is 10.1 Å². The molecule has 0 saturated heterocycles. The molecule has 0 bridgehead atoms. The number of hydrogen-bond acceptors (Lipinski definition) is 4. The molecule has 1 amide bonds. The van der Waals surface area contributed by atoms with Crippen molar-refractivity contribution in [3.63, 3.8) is 0 Å². The van der Waals surface area contributed by atoms with Gasteiger partial charge in [0, 0.05) is 11.8 Å². The summed E-state index contributed by atoms with van der Waals surface area (Å²) < 4.78 is 5.18. The molecule has 0 spiro atoms. The van der Waals surface area contributed by atoms with Crippen molar-refractivity contribution >= 4 is 17.6 Å². The van der Waals surface area contributed by atoms with Crippen molar-refractivity contribution in [2.24, 2.45) is 0 Å². The predicted molar refractivity (Wildman–Crippen MR) is 80.2 cm³/mol. The molecular formula is C15H23IN2O4. The minimum atomic E-state index is -0.619. The van der Waals surface area contributed by atoms with E-state index in [-0.39, 0.29) is 41.2 Å². The lowest BCUT2D eigenvalue weighted by Gasteiger charge is -2.31. The lowest BCUT2D eigenvalue weighted by atomic mass is 10.2. The maximum atomic E-state index is 12.0. The van der Waals surface area contributed by atoms with E-state index in [1.165, 1.54) is 19.2 Å². The van der Waals surface area contributed by atoms with Gasteiger partial charge in [-0.15, -0.1) is 0 Å². The Kier molecular flexibility index (Phi) is 8.39. The monoisotopic (exact) mass is 422 g/mol. The minimum Gasteiger partial charge on any atom is -1.00 e. The summed E-state index contributed by atoms with van der Waals surface area (Å²) in [5.41, 5.74) is 0.516. The maximum absolute atomic E-state index is 12.0. The van der Waals surface area contributed by atoms with E-state index in [1.54, 1.807) is 6.07 Å². The molecule has 0 heterocycles. The topological polar surface area (TPSA) is 75.6 Å². The molecular weight excluding hydrogens is 399 g/mol. The van der Waals surface area contributed by atoms with E-state index in [9.17, 15) is 14.7 Å². The van der Waals surface area contributed by atoms with Crippen LogP contribution in [0.15, 0.2) is 18.2 Å². The first-order chi connectivity index (χ1) is 9.85. The van der Waals surface area contributed by atoms with E-state index < -0.39 is 5.97 Å². The predicted octanol–water partition coefficient (Wildman–Crippen LogP) is -1.39. The highest BCUT2D eigenvalue weighted by atomic mass is 127. The number of phenols is 1. The van der Waals surface area contributed by atoms with Crippen LogP contribution in [-0.2, 0) is 9.53 Å². The number of nitrogens with zero attached hydrogens (tertiary/aromatic N) is 1. The Hall–Kier alpha value is -1.35. The van der Waals surface area contributed by atoms with Crippen LogP contribution < -0.4 is 29.3 Å². The van der Waals surface area contributed by atoms with E-state index in [0.29, 0.717) is 16.7 Å². The number of halogens is 1. The van der Waals surface area contributed by atoms with Crippen LogP contribution in [0.1, 0.15) is 24.2 Å². The van der Waals surface area contributed by atoms with Gasteiger partial charge in [0.2, 0.25) is 0 Å². The number of quaternary nitrogens is 1. The van der Waals surface area contributed by atoms with E-state index >= 15 is 0 Å². The smallest absolute Gasteiger partial charge is 0.341 e. The molecule has 1 aromatic carbocycles. The SMILES string of the molecule is CC[N+](C)(CC)CC(=O)Nc1ccc(C(=O)OC)c(O)c1.[I-]. The number of likely N-dealkylation sites (N-methyl/N-ethyl adjacent to an activating group) is 1. The Bertz CT molecular complexity index is 530. The number of ether oxygens (including phenoxy) is 1. The molecule has 22 heavy (non-hydrogen) atoms. The molecule has 0 fully saturated rings. The van der Waals surface area contributed by atoms with Crippen molar-refractivity contribution < 1.29 is 47.9 Å². The Morgan fingerprint density at radius 3 is 2.32 bits per heavy atom. The summed E-state index contributed by atoms with van der Waals surface area (Å²) in [6.07, 6.45) is 0. The molecule has 7 heteroatoms. The Morgan fingerprint density at radius 1 is 1.27 bits per heavy atom. The largest absolute Gasteiger partial charge is 1.00 e. The van der Waals surface area contributed by atoms with Gasteiger partial charge in [0.25, 0.3) is 5.91 Å². The number of methoxy groups -OCH3 is 1. The van der Waals surface area contributed by atoms with Gasteiger partial charge in [0.05, 0.1) is 27.2 Å². The van der Waals surface area contributed by atoms with Crippen molar-refractivity contribution in [1.82, 2.24) is 0 Å². The van der Waals surface area contributed by atoms with Gasteiger partial charge in [0.15, 0.2) is 6.54 Å². The fourth-order valence-electron chi connectivity index (χ4n) is 1.89. The molecule has 124 valence electrons. The second-order valence-electron chi connectivity index (χ2n) is 5.18. The third kappa shape index (κ3) is 5.45. The van der Waals surface area contributed by atoms with Crippen LogP contribution in [0.4, 0.5) is 5.69 Å². The summed E-state index contributed by atoms with van der Waals surface area (Å²) >= 11 is 0. The highest BCUT2D eigenvalue weighted by Gasteiger charge is 2.21. The standard InChI is InChI=1S/C15H22N2O4.HI/c1-5-17(3,6-2)10-14(19)16-11-7-8-12(13(18)9-11)15(20)21-4;/h7-9H,5-6,10H2,1-4H3,(H-,16,18,19,20);1H. The summed E-state index contributed by atoms with van der Waals surface area (Å²) in [7, 11) is 3.25. The first-order valence-corrected chi connectivity index (χ1v) is 6.90. The normalized spacial score (nSPS) is 10.5. The van der Waals surface area contributed by atoms with Gasteiger partial charge in [0.1, 0.15) is 11.3 Å². The molecule has 1 aromatic rings. The Balaban J connectivity index is 0.00000441. The first kappa shape index (κ1) is 20.6. The average molecular weight is 422 g/mol. The third-order valence-corrected chi connectivity index (χ3v) is 3.74. The van der Waals surface area contributed by atoms with Crippen LogP contribution >= 0.6 is 0 Å². The Labute approximate surface area is 148 Å². The summed E-state index contributed by atoms with van der Waals surface area (Å²) in [4.78, 5) is 23.4.